The molecule has 1 aromatic heterocycles. The number of rotatable bonds is 2. The number of carboxylic acid groups (broad SMARTS) is 1. The standard InChI is InChI=1S/C12H7ClINO4/c13-8-3-6(14)1-2-9(8)15-10(12(18)19)4-7(16)5-11(15)17/h1-5,16H,(H,18,19). The Balaban J connectivity index is 2.81. The van der Waals surface area contributed by atoms with Gasteiger partial charge in [-0.3, -0.25) is 9.36 Å². The molecule has 98 valence electrons. The SMILES string of the molecule is O=C(O)c1cc(O)cc(=O)n1-c1ccc(I)cc1Cl. The Morgan fingerprint density at radius 1 is 1.26 bits per heavy atom. The fraction of sp³-hybridized carbons (Fsp3) is 0. The summed E-state index contributed by atoms with van der Waals surface area (Å²) in [4.78, 5) is 23.0. The Morgan fingerprint density at radius 3 is 2.53 bits per heavy atom. The van der Waals surface area contributed by atoms with Gasteiger partial charge >= 0.3 is 5.97 Å². The van der Waals surface area contributed by atoms with Gasteiger partial charge in [-0.2, -0.15) is 0 Å². The van der Waals surface area contributed by atoms with Gasteiger partial charge in [-0.05, 0) is 40.8 Å². The average Bonchev–Trinajstić information content (AvgIpc) is 2.29. The maximum Gasteiger partial charge on any atom is 0.353 e. The summed E-state index contributed by atoms with van der Waals surface area (Å²) < 4.78 is 1.80. The van der Waals surface area contributed by atoms with E-state index in [1.54, 1.807) is 18.2 Å². The number of aromatic carboxylic acids is 1. The fourth-order valence-corrected chi connectivity index (χ4v) is 2.56. The van der Waals surface area contributed by atoms with Crippen LogP contribution in [-0.4, -0.2) is 20.7 Å². The van der Waals surface area contributed by atoms with Crippen molar-refractivity contribution in [3.8, 4) is 11.4 Å². The van der Waals surface area contributed by atoms with E-state index in [0.717, 1.165) is 20.3 Å². The molecule has 0 fully saturated rings. The van der Waals surface area contributed by atoms with Crippen LogP contribution in [0.3, 0.4) is 0 Å². The van der Waals surface area contributed by atoms with E-state index in [0.29, 0.717) is 0 Å². The third-order valence-corrected chi connectivity index (χ3v) is 3.36. The smallest absolute Gasteiger partial charge is 0.353 e. The average molecular weight is 392 g/mol. The lowest BCUT2D eigenvalue weighted by Crippen LogP contribution is -2.23. The lowest BCUT2D eigenvalue weighted by Gasteiger charge is -2.12. The zero-order valence-corrected chi connectivity index (χ0v) is 12.2. The molecule has 2 aromatic rings. The summed E-state index contributed by atoms with van der Waals surface area (Å²) in [6.45, 7) is 0. The Kier molecular flexibility index (Phi) is 3.81. The third-order valence-electron chi connectivity index (χ3n) is 2.39. The molecule has 0 spiro atoms. The van der Waals surface area contributed by atoms with Crippen molar-refractivity contribution in [1.29, 1.82) is 0 Å². The van der Waals surface area contributed by atoms with Gasteiger partial charge in [0.05, 0.1) is 10.7 Å². The molecule has 2 rings (SSSR count). The fourth-order valence-electron chi connectivity index (χ4n) is 1.62. The van der Waals surface area contributed by atoms with Crippen molar-refractivity contribution in [1.82, 2.24) is 4.57 Å². The Morgan fingerprint density at radius 2 is 1.95 bits per heavy atom. The number of aromatic nitrogens is 1. The maximum atomic E-state index is 11.9. The molecule has 0 saturated carbocycles. The van der Waals surface area contributed by atoms with Gasteiger partial charge in [0.25, 0.3) is 5.56 Å². The number of halogens is 2. The predicted octanol–water partition coefficient (Wildman–Crippen LogP) is 2.50. The molecule has 0 saturated heterocycles. The number of hydrogen-bond donors (Lipinski definition) is 2. The van der Waals surface area contributed by atoms with Crippen LogP contribution in [0.15, 0.2) is 35.1 Å². The molecule has 7 heteroatoms. The minimum absolute atomic E-state index is 0.252. The Hall–Kier alpha value is -1.54. The molecule has 0 amide bonds. The number of hydrogen-bond acceptors (Lipinski definition) is 3. The second-order valence-electron chi connectivity index (χ2n) is 3.67. The highest BCUT2D eigenvalue weighted by Crippen LogP contribution is 2.24. The Bertz CT molecular complexity index is 726. The molecule has 0 radical (unpaired) electrons. The molecule has 5 nitrogen and oxygen atoms in total. The number of carbonyl (C=O) groups is 1. The zero-order valence-electron chi connectivity index (χ0n) is 9.30. The van der Waals surface area contributed by atoms with Gasteiger partial charge in [0.15, 0.2) is 0 Å². The highest BCUT2D eigenvalue weighted by Gasteiger charge is 2.16. The molecular formula is C12H7ClINO4. The molecule has 1 aromatic carbocycles. The van der Waals surface area contributed by atoms with E-state index < -0.39 is 17.3 Å². The highest BCUT2D eigenvalue weighted by molar-refractivity contribution is 14.1. The Labute approximate surface area is 126 Å². The first-order valence-electron chi connectivity index (χ1n) is 5.05. The van der Waals surface area contributed by atoms with Crippen LogP contribution in [0.2, 0.25) is 5.02 Å². The van der Waals surface area contributed by atoms with E-state index in [1.165, 1.54) is 0 Å². The molecule has 1 heterocycles. The van der Waals surface area contributed by atoms with Crippen LogP contribution in [0.25, 0.3) is 5.69 Å². The topological polar surface area (TPSA) is 79.5 Å². The summed E-state index contributed by atoms with van der Waals surface area (Å²) in [5, 5.41) is 18.7. The molecule has 0 aliphatic rings. The quantitative estimate of drug-likeness (QED) is 0.771. The molecule has 0 aliphatic heterocycles. The normalized spacial score (nSPS) is 10.4. The van der Waals surface area contributed by atoms with Gasteiger partial charge in [0.2, 0.25) is 0 Å². The van der Waals surface area contributed by atoms with Crippen LogP contribution < -0.4 is 5.56 Å². The molecule has 0 unspecified atom stereocenters. The summed E-state index contributed by atoms with van der Waals surface area (Å²) in [7, 11) is 0. The molecule has 0 bridgehead atoms. The van der Waals surface area contributed by atoms with E-state index in [2.05, 4.69) is 0 Å². The number of aromatic hydroxyl groups is 1. The summed E-state index contributed by atoms with van der Waals surface area (Å²) in [5.41, 5.74) is -0.766. The lowest BCUT2D eigenvalue weighted by molar-refractivity contribution is 0.0686. The van der Waals surface area contributed by atoms with Gasteiger partial charge in [-0.1, -0.05) is 11.6 Å². The minimum atomic E-state index is -1.33. The molecule has 0 atom stereocenters. The van der Waals surface area contributed by atoms with Crippen LogP contribution in [0, 0.1) is 3.57 Å². The summed E-state index contributed by atoms with van der Waals surface area (Å²) in [5.74, 6) is -1.73. The van der Waals surface area contributed by atoms with Crippen LogP contribution in [0.5, 0.6) is 5.75 Å². The zero-order chi connectivity index (χ0) is 14.2. The maximum absolute atomic E-state index is 11.9. The van der Waals surface area contributed by atoms with Crippen molar-refractivity contribution in [2.24, 2.45) is 0 Å². The van der Waals surface area contributed by atoms with Crippen LogP contribution in [0.4, 0.5) is 0 Å². The van der Waals surface area contributed by atoms with Crippen molar-refractivity contribution in [2.75, 3.05) is 0 Å². The van der Waals surface area contributed by atoms with Crippen molar-refractivity contribution < 1.29 is 15.0 Å². The number of benzene rings is 1. The van der Waals surface area contributed by atoms with Gasteiger partial charge in [-0.15, -0.1) is 0 Å². The van der Waals surface area contributed by atoms with E-state index in [-0.39, 0.29) is 16.4 Å². The van der Waals surface area contributed by atoms with Crippen LogP contribution in [-0.2, 0) is 0 Å². The van der Waals surface area contributed by atoms with Crippen molar-refractivity contribution in [3.05, 3.63) is 55.0 Å². The van der Waals surface area contributed by atoms with Gasteiger partial charge < -0.3 is 10.2 Å². The first-order chi connectivity index (χ1) is 8.90. The van der Waals surface area contributed by atoms with Gasteiger partial charge in [-0.25, -0.2) is 4.79 Å². The first-order valence-corrected chi connectivity index (χ1v) is 6.50. The molecule has 2 N–H and O–H groups in total. The monoisotopic (exact) mass is 391 g/mol. The summed E-state index contributed by atoms with van der Waals surface area (Å²) in [6.07, 6.45) is 0. The molecule has 0 aliphatic carbocycles. The summed E-state index contributed by atoms with van der Waals surface area (Å²) >= 11 is 8.08. The van der Waals surface area contributed by atoms with Gasteiger partial charge in [0.1, 0.15) is 11.4 Å². The van der Waals surface area contributed by atoms with Crippen LogP contribution >= 0.6 is 34.2 Å². The van der Waals surface area contributed by atoms with E-state index >= 15 is 0 Å². The summed E-state index contributed by atoms with van der Waals surface area (Å²) in [6, 6.07) is 6.79. The lowest BCUT2D eigenvalue weighted by atomic mass is 10.2. The molecular weight excluding hydrogens is 384 g/mol. The van der Waals surface area contributed by atoms with Crippen LogP contribution in [0.1, 0.15) is 10.5 Å². The van der Waals surface area contributed by atoms with Crippen molar-refractivity contribution >= 4 is 40.2 Å². The van der Waals surface area contributed by atoms with E-state index in [4.69, 9.17) is 16.7 Å². The van der Waals surface area contributed by atoms with Gasteiger partial charge in [0, 0.05) is 15.7 Å². The number of nitrogens with zero attached hydrogens (tertiary/aromatic N) is 1. The number of pyridine rings is 1. The predicted molar refractivity (Wildman–Crippen MR) is 78.4 cm³/mol. The molecule has 19 heavy (non-hydrogen) atoms. The van der Waals surface area contributed by atoms with Crippen molar-refractivity contribution in [3.63, 3.8) is 0 Å². The second kappa shape index (κ2) is 5.22. The first kappa shape index (κ1) is 13.9. The van der Waals surface area contributed by atoms with E-state index in [1.807, 2.05) is 22.6 Å². The second-order valence-corrected chi connectivity index (χ2v) is 5.33. The third kappa shape index (κ3) is 2.74. The number of carboxylic acids is 1. The largest absolute Gasteiger partial charge is 0.508 e. The highest BCUT2D eigenvalue weighted by atomic mass is 127. The van der Waals surface area contributed by atoms with E-state index in [9.17, 15) is 14.7 Å². The van der Waals surface area contributed by atoms with Crippen molar-refractivity contribution in [2.45, 2.75) is 0 Å². The minimum Gasteiger partial charge on any atom is -0.508 e.